The second kappa shape index (κ2) is 8.97. The van der Waals surface area contributed by atoms with Crippen molar-refractivity contribution in [1.29, 1.82) is 0 Å². The van der Waals surface area contributed by atoms with Crippen molar-refractivity contribution in [3.63, 3.8) is 0 Å². The Morgan fingerprint density at radius 3 is 2.56 bits per heavy atom. The van der Waals surface area contributed by atoms with Crippen molar-refractivity contribution < 1.29 is 23.5 Å². The summed E-state index contributed by atoms with van der Waals surface area (Å²) in [5.74, 6) is -0.165. The number of ether oxygens (including phenoxy) is 1. The van der Waals surface area contributed by atoms with Crippen LogP contribution in [0, 0.1) is 13.8 Å². The quantitative estimate of drug-likeness (QED) is 0.455. The second-order valence-electron chi connectivity index (χ2n) is 7.59. The minimum atomic E-state index is -0.772. The lowest BCUT2D eigenvalue weighted by atomic mass is 10.1. The van der Waals surface area contributed by atoms with E-state index in [1.165, 1.54) is 12.3 Å². The molecule has 0 unspecified atom stereocenters. The summed E-state index contributed by atoms with van der Waals surface area (Å²) in [6.07, 6.45) is 4.78. The third kappa shape index (κ3) is 4.64. The van der Waals surface area contributed by atoms with E-state index in [1.54, 1.807) is 18.2 Å². The first-order valence-electron chi connectivity index (χ1n) is 10.2. The molecule has 3 aromatic rings. The Labute approximate surface area is 185 Å². The number of carbonyl (C=O) groups is 3. The molecule has 8 nitrogen and oxygen atoms in total. The molecule has 0 aliphatic carbocycles. The predicted molar refractivity (Wildman–Crippen MR) is 117 cm³/mol. The maximum Gasteiger partial charge on any atom is 0.331 e. The van der Waals surface area contributed by atoms with Gasteiger partial charge in [0.1, 0.15) is 23.7 Å². The molecular formula is C24H23N3O5. The van der Waals surface area contributed by atoms with Crippen LogP contribution < -0.4 is 10.1 Å². The maximum atomic E-state index is 12.9. The average molecular weight is 433 g/mol. The molecule has 4 amide bonds. The standard InChI is InChI=1S/C24H23N3O5/c1-16-11-17(2)13-20(12-16)32-10-8-26-7-3-5-18(26)14-21-22(28)25-24(30)27(23(21)29)15-19-6-4-9-31-19/h3-7,9,11-14H,8,10,15H2,1-2H3,(H,25,28,30)/b21-14-. The molecule has 1 aliphatic rings. The van der Waals surface area contributed by atoms with Crippen molar-refractivity contribution >= 4 is 23.9 Å². The van der Waals surface area contributed by atoms with Gasteiger partial charge in [-0.2, -0.15) is 0 Å². The van der Waals surface area contributed by atoms with Crippen molar-refractivity contribution in [2.75, 3.05) is 6.61 Å². The zero-order valence-corrected chi connectivity index (χ0v) is 17.8. The first-order chi connectivity index (χ1) is 15.4. The van der Waals surface area contributed by atoms with Crippen LogP contribution in [0.5, 0.6) is 5.75 Å². The number of barbiturate groups is 1. The lowest BCUT2D eigenvalue weighted by molar-refractivity contribution is -0.130. The Morgan fingerprint density at radius 2 is 1.84 bits per heavy atom. The number of carbonyl (C=O) groups excluding carboxylic acids is 3. The van der Waals surface area contributed by atoms with Gasteiger partial charge in [0, 0.05) is 11.9 Å². The molecule has 0 radical (unpaired) electrons. The minimum Gasteiger partial charge on any atom is -0.492 e. The molecule has 1 N–H and O–H groups in total. The number of aromatic nitrogens is 1. The van der Waals surface area contributed by atoms with Crippen molar-refractivity contribution in [3.05, 3.63) is 83.1 Å². The smallest absolute Gasteiger partial charge is 0.331 e. The van der Waals surface area contributed by atoms with Crippen LogP contribution >= 0.6 is 0 Å². The SMILES string of the molecule is Cc1cc(C)cc(OCCn2cccc2/C=C2/C(=O)NC(=O)N(Cc3ccco3)C2=O)c1. The number of aryl methyl sites for hydroxylation is 2. The molecule has 0 spiro atoms. The molecule has 0 saturated carbocycles. The third-order valence-corrected chi connectivity index (χ3v) is 5.03. The van der Waals surface area contributed by atoms with Crippen LogP contribution in [-0.2, 0) is 22.7 Å². The van der Waals surface area contributed by atoms with Gasteiger partial charge in [-0.1, -0.05) is 6.07 Å². The van der Waals surface area contributed by atoms with Crippen molar-refractivity contribution in [2.45, 2.75) is 26.9 Å². The molecule has 164 valence electrons. The number of hydrogen-bond acceptors (Lipinski definition) is 5. The van der Waals surface area contributed by atoms with Crippen LogP contribution in [0.2, 0.25) is 0 Å². The Morgan fingerprint density at radius 1 is 1.06 bits per heavy atom. The van der Waals surface area contributed by atoms with Gasteiger partial charge in [0.2, 0.25) is 0 Å². The van der Waals surface area contributed by atoms with E-state index in [0.29, 0.717) is 24.6 Å². The van der Waals surface area contributed by atoms with Crippen LogP contribution in [-0.4, -0.2) is 33.9 Å². The summed E-state index contributed by atoms with van der Waals surface area (Å²) in [6, 6.07) is 12.2. The number of furan rings is 1. The summed E-state index contributed by atoms with van der Waals surface area (Å²) in [5.41, 5.74) is 2.79. The summed E-state index contributed by atoms with van der Waals surface area (Å²) in [5, 5.41) is 2.21. The largest absolute Gasteiger partial charge is 0.492 e. The highest BCUT2D eigenvalue weighted by atomic mass is 16.5. The molecule has 1 aliphatic heterocycles. The van der Waals surface area contributed by atoms with E-state index in [-0.39, 0.29) is 12.1 Å². The molecule has 3 heterocycles. The first kappa shape index (κ1) is 21.2. The zero-order valence-electron chi connectivity index (χ0n) is 17.8. The van der Waals surface area contributed by atoms with Gasteiger partial charge in [-0.05, 0) is 67.4 Å². The lowest BCUT2D eigenvalue weighted by Gasteiger charge is -2.25. The summed E-state index contributed by atoms with van der Waals surface area (Å²) >= 11 is 0. The number of benzene rings is 1. The molecule has 1 saturated heterocycles. The fourth-order valence-corrected chi connectivity index (χ4v) is 3.58. The van der Waals surface area contributed by atoms with Crippen molar-refractivity contribution in [1.82, 2.24) is 14.8 Å². The Bertz CT molecular complexity index is 1170. The monoisotopic (exact) mass is 433 g/mol. The Kier molecular flexibility index (Phi) is 5.93. The fourth-order valence-electron chi connectivity index (χ4n) is 3.58. The van der Waals surface area contributed by atoms with E-state index in [1.807, 2.05) is 42.8 Å². The topological polar surface area (TPSA) is 93.8 Å². The normalized spacial score (nSPS) is 15.4. The van der Waals surface area contributed by atoms with Gasteiger partial charge in [0.15, 0.2) is 0 Å². The molecule has 2 aromatic heterocycles. The van der Waals surface area contributed by atoms with Crippen LogP contribution in [0.15, 0.2) is 64.9 Å². The van der Waals surface area contributed by atoms with Gasteiger partial charge in [0.05, 0.1) is 19.4 Å². The molecule has 0 atom stereocenters. The number of urea groups is 1. The average Bonchev–Trinajstić information content (AvgIpc) is 3.40. The van der Waals surface area contributed by atoms with Crippen LogP contribution in [0.4, 0.5) is 4.79 Å². The molecular weight excluding hydrogens is 410 g/mol. The number of imide groups is 2. The molecule has 32 heavy (non-hydrogen) atoms. The first-order valence-corrected chi connectivity index (χ1v) is 10.2. The van der Waals surface area contributed by atoms with Crippen molar-refractivity contribution in [3.8, 4) is 5.75 Å². The minimum absolute atomic E-state index is 0.0625. The molecule has 1 aromatic carbocycles. The highest BCUT2D eigenvalue weighted by Crippen LogP contribution is 2.19. The molecule has 1 fully saturated rings. The van der Waals surface area contributed by atoms with E-state index in [2.05, 4.69) is 11.4 Å². The molecule has 4 rings (SSSR count). The zero-order chi connectivity index (χ0) is 22.7. The maximum absolute atomic E-state index is 12.9. The van der Waals surface area contributed by atoms with E-state index in [0.717, 1.165) is 21.8 Å². The van der Waals surface area contributed by atoms with E-state index < -0.39 is 17.8 Å². The molecule has 8 heteroatoms. The second-order valence-corrected chi connectivity index (χ2v) is 7.59. The number of hydrogen-bond donors (Lipinski definition) is 1. The predicted octanol–water partition coefficient (Wildman–Crippen LogP) is 3.44. The van der Waals surface area contributed by atoms with Gasteiger partial charge in [-0.3, -0.25) is 19.8 Å². The van der Waals surface area contributed by atoms with Crippen LogP contribution in [0.1, 0.15) is 22.6 Å². The van der Waals surface area contributed by atoms with Crippen LogP contribution in [0.25, 0.3) is 6.08 Å². The van der Waals surface area contributed by atoms with E-state index >= 15 is 0 Å². The Balaban J connectivity index is 1.48. The number of amides is 4. The summed E-state index contributed by atoms with van der Waals surface area (Å²) in [4.78, 5) is 38.3. The van der Waals surface area contributed by atoms with Gasteiger partial charge in [-0.25, -0.2) is 4.79 Å². The van der Waals surface area contributed by atoms with Gasteiger partial charge < -0.3 is 13.7 Å². The summed E-state index contributed by atoms with van der Waals surface area (Å²) < 4.78 is 13.0. The lowest BCUT2D eigenvalue weighted by Crippen LogP contribution is -2.53. The third-order valence-electron chi connectivity index (χ3n) is 5.03. The van der Waals surface area contributed by atoms with Gasteiger partial charge in [0.25, 0.3) is 11.8 Å². The number of nitrogens with zero attached hydrogens (tertiary/aromatic N) is 2. The van der Waals surface area contributed by atoms with Gasteiger partial charge >= 0.3 is 6.03 Å². The van der Waals surface area contributed by atoms with Crippen molar-refractivity contribution in [2.24, 2.45) is 0 Å². The number of nitrogens with one attached hydrogen (secondary N) is 1. The van der Waals surface area contributed by atoms with E-state index in [9.17, 15) is 14.4 Å². The molecule has 0 bridgehead atoms. The highest BCUT2D eigenvalue weighted by molar-refractivity contribution is 6.30. The number of rotatable bonds is 7. The summed E-state index contributed by atoms with van der Waals surface area (Å²) in [6.45, 7) is 4.90. The highest BCUT2D eigenvalue weighted by Gasteiger charge is 2.36. The fraction of sp³-hybridized carbons (Fsp3) is 0.208. The summed E-state index contributed by atoms with van der Waals surface area (Å²) in [7, 11) is 0. The van der Waals surface area contributed by atoms with E-state index in [4.69, 9.17) is 9.15 Å². The van der Waals surface area contributed by atoms with Crippen LogP contribution in [0.3, 0.4) is 0 Å². The Hall–Kier alpha value is -4.07. The van der Waals surface area contributed by atoms with Gasteiger partial charge in [-0.15, -0.1) is 0 Å².